The summed E-state index contributed by atoms with van der Waals surface area (Å²) in [6.45, 7) is 1.93. The van der Waals surface area contributed by atoms with E-state index in [0.29, 0.717) is 0 Å². The van der Waals surface area contributed by atoms with Crippen LogP contribution in [0.4, 0.5) is 0 Å². The lowest BCUT2D eigenvalue weighted by Gasteiger charge is -2.00. The van der Waals surface area contributed by atoms with Crippen LogP contribution in [0.5, 0.6) is 0 Å². The quantitative estimate of drug-likeness (QED) is 0.795. The van der Waals surface area contributed by atoms with Crippen molar-refractivity contribution in [3.63, 3.8) is 0 Å². The Bertz CT molecular complexity index is 647. The van der Waals surface area contributed by atoms with Crippen molar-refractivity contribution in [2.75, 3.05) is 0 Å². The van der Waals surface area contributed by atoms with Crippen LogP contribution < -0.4 is 5.14 Å². The minimum atomic E-state index is -3.64. The van der Waals surface area contributed by atoms with Gasteiger partial charge in [-0.05, 0) is 41.6 Å². The van der Waals surface area contributed by atoms with Gasteiger partial charge >= 0.3 is 0 Å². The molecule has 0 atom stereocenters. The third-order valence-electron chi connectivity index (χ3n) is 2.33. The molecule has 7 heteroatoms. The number of aryl methyl sites for hydroxylation is 1. The number of aromatic amines is 1. The fraction of sp³-hybridized carbons (Fsp3) is 0.100. The number of sulfonamides is 1. The Morgan fingerprint density at radius 3 is 2.29 bits per heavy atom. The summed E-state index contributed by atoms with van der Waals surface area (Å²) in [5.41, 5.74) is 2.64. The first-order valence-corrected chi connectivity index (χ1v) is 7.36. The number of primary sulfonamides is 1. The predicted molar refractivity (Wildman–Crippen MR) is 72.9 cm³/mol. The third-order valence-corrected chi connectivity index (χ3v) is 4.58. The van der Waals surface area contributed by atoms with Crippen LogP contribution in [0.25, 0.3) is 11.3 Å². The van der Waals surface area contributed by atoms with Crippen molar-refractivity contribution in [3.8, 4) is 11.3 Å². The highest BCUT2D eigenvalue weighted by Gasteiger charge is 2.11. The van der Waals surface area contributed by atoms with Gasteiger partial charge in [0.2, 0.25) is 10.0 Å². The van der Waals surface area contributed by atoms with E-state index in [-0.39, 0.29) is 4.90 Å². The monoisotopic (exact) mass is 363 g/mol. The number of rotatable bonds is 2. The van der Waals surface area contributed by atoms with Gasteiger partial charge in [-0.1, -0.05) is 12.1 Å². The van der Waals surface area contributed by atoms with Crippen molar-refractivity contribution in [2.45, 2.75) is 11.8 Å². The van der Waals surface area contributed by atoms with E-state index in [9.17, 15) is 8.42 Å². The molecule has 90 valence electrons. The van der Waals surface area contributed by atoms with Crippen molar-refractivity contribution in [3.05, 3.63) is 33.5 Å². The zero-order valence-electron chi connectivity index (χ0n) is 8.94. The van der Waals surface area contributed by atoms with Crippen LogP contribution in [-0.4, -0.2) is 18.6 Å². The molecule has 1 heterocycles. The summed E-state index contributed by atoms with van der Waals surface area (Å²) in [6, 6.07) is 6.34. The summed E-state index contributed by atoms with van der Waals surface area (Å²) in [7, 11) is -3.64. The minimum Gasteiger partial charge on any atom is -0.281 e. The maximum absolute atomic E-state index is 11.1. The first-order valence-electron chi connectivity index (χ1n) is 4.73. The molecule has 0 saturated heterocycles. The lowest BCUT2D eigenvalue weighted by molar-refractivity contribution is 0.598. The Hall–Kier alpha value is -0.930. The number of hydrogen-bond donors (Lipinski definition) is 2. The zero-order valence-corrected chi connectivity index (χ0v) is 11.9. The molecule has 0 unspecified atom stereocenters. The molecule has 1 aromatic carbocycles. The van der Waals surface area contributed by atoms with Crippen LogP contribution in [0.1, 0.15) is 5.69 Å². The van der Waals surface area contributed by atoms with Gasteiger partial charge in [-0.3, -0.25) is 5.10 Å². The fourth-order valence-corrected chi connectivity index (χ4v) is 2.48. The van der Waals surface area contributed by atoms with Gasteiger partial charge in [0, 0.05) is 11.3 Å². The molecular formula is C10H10IN3O2S. The molecule has 0 radical (unpaired) electrons. The highest BCUT2D eigenvalue weighted by Crippen LogP contribution is 2.25. The number of nitrogens with two attached hydrogens (primary N) is 1. The average molecular weight is 363 g/mol. The standard InChI is InChI=1S/C10H10IN3O2S/c1-6-9(11)10(14-13-6)7-2-4-8(5-3-7)17(12,15)16/h2-5H,1H3,(H,13,14)(H2,12,15,16). The van der Waals surface area contributed by atoms with Gasteiger partial charge in [0.05, 0.1) is 8.47 Å². The van der Waals surface area contributed by atoms with Gasteiger partial charge in [0.25, 0.3) is 0 Å². The normalized spacial score (nSPS) is 11.7. The van der Waals surface area contributed by atoms with Crippen LogP contribution in [-0.2, 0) is 10.0 Å². The van der Waals surface area contributed by atoms with E-state index in [2.05, 4.69) is 32.8 Å². The molecule has 2 aromatic rings. The van der Waals surface area contributed by atoms with Crippen LogP contribution in [0.2, 0.25) is 0 Å². The molecule has 0 amide bonds. The topological polar surface area (TPSA) is 88.8 Å². The van der Waals surface area contributed by atoms with Gasteiger partial charge < -0.3 is 0 Å². The molecule has 2 rings (SSSR count). The number of aromatic nitrogens is 2. The van der Waals surface area contributed by atoms with E-state index in [0.717, 1.165) is 20.5 Å². The SMILES string of the molecule is Cc1[nH]nc(-c2ccc(S(N)(=O)=O)cc2)c1I. The first-order chi connectivity index (χ1) is 7.89. The first kappa shape index (κ1) is 12.5. The number of H-pyrrole nitrogens is 1. The molecule has 0 aliphatic heterocycles. The fourth-order valence-electron chi connectivity index (χ4n) is 1.41. The summed E-state index contributed by atoms with van der Waals surface area (Å²) in [5, 5.41) is 12.1. The number of halogens is 1. The summed E-state index contributed by atoms with van der Waals surface area (Å²) >= 11 is 2.19. The van der Waals surface area contributed by atoms with E-state index in [1.54, 1.807) is 12.1 Å². The van der Waals surface area contributed by atoms with Crippen molar-refractivity contribution in [1.29, 1.82) is 0 Å². The minimum absolute atomic E-state index is 0.100. The molecule has 0 fully saturated rings. The summed E-state index contributed by atoms with van der Waals surface area (Å²) in [4.78, 5) is 0.100. The van der Waals surface area contributed by atoms with Crippen molar-refractivity contribution in [1.82, 2.24) is 10.2 Å². The Morgan fingerprint density at radius 1 is 1.29 bits per heavy atom. The highest BCUT2D eigenvalue weighted by atomic mass is 127. The summed E-state index contributed by atoms with van der Waals surface area (Å²) < 4.78 is 23.2. The number of hydrogen-bond acceptors (Lipinski definition) is 3. The van der Waals surface area contributed by atoms with E-state index in [1.165, 1.54) is 12.1 Å². The van der Waals surface area contributed by atoms with Crippen LogP contribution in [0.15, 0.2) is 29.2 Å². The summed E-state index contributed by atoms with van der Waals surface area (Å²) in [6.07, 6.45) is 0. The molecular weight excluding hydrogens is 353 g/mol. The zero-order chi connectivity index (χ0) is 12.6. The van der Waals surface area contributed by atoms with E-state index in [1.807, 2.05) is 6.92 Å². The Morgan fingerprint density at radius 2 is 1.88 bits per heavy atom. The maximum atomic E-state index is 11.1. The molecule has 0 aliphatic carbocycles. The Labute approximate surface area is 113 Å². The lowest BCUT2D eigenvalue weighted by atomic mass is 10.1. The highest BCUT2D eigenvalue weighted by molar-refractivity contribution is 14.1. The Balaban J connectivity index is 2.46. The third kappa shape index (κ3) is 2.50. The molecule has 17 heavy (non-hydrogen) atoms. The van der Waals surface area contributed by atoms with Crippen molar-refractivity contribution in [2.24, 2.45) is 5.14 Å². The molecule has 5 nitrogen and oxygen atoms in total. The maximum Gasteiger partial charge on any atom is 0.238 e. The van der Waals surface area contributed by atoms with Gasteiger partial charge in [0.1, 0.15) is 5.69 Å². The molecule has 0 spiro atoms. The summed E-state index contributed by atoms with van der Waals surface area (Å²) in [5.74, 6) is 0. The van der Waals surface area contributed by atoms with Gasteiger partial charge in [-0.2, -0.15) is 5.10 Å². The second-order valence-electron chi connectivity index (χ2n) is 3.58. The number of benzene rings is 1. The molecule has 3 N–H and O–H groups in total. The molecule has 0 saturated carbocycles. The molecule has 0 bridgehead atoms. The smallest absolute Gasteiger partial charge is 0.238 e. The van der Waals surface area contributed by atoms with E-state index >= 15 is 0 Å². The average Bonchev–Trinajstić information content (AvgIpc) is 2.59. The van der Waals surface area contributed by atoms with Crippen LogP contribution >= 0.6 is 22.6 Å². The largest absolute Gasteiger partial charge is 0.281 e. The number of nitrogens with zero attached hydrogens (tertiary/aromatic N) is 1. The molecule has 1 aromatic heterocycles. The molecule has 0 aliphatic rings. The van der Waals surface area contributed by atoms with Gasteiger partial charge in [-0.15, -0.1) is 0 Å². The second-order valence-corrected chi connectivity index (χ2v) is 6.22. The van der Waals surface area contributed by atoms with Crippen LogP contribution in [0, 0.1) is 10.5 Å². The van der Waals surface area contributed by atoms with E-state index in [4.69, 9.17) is 5.14 Å². The van der Waals surface area contributed by atoms with Crippen molar-refractivity contribution >= 4 is 32.6 Å². The lowest BCUT2D eigenvalue weighted by Crippen LogP contribution is -2.11. The number of nitrogens with one attached hydrogen (secondary N) is 1. The second kappa shape index (κ2) is 4.39. The van der Waals surface area contributed by atoms with Crippen LogP contribution in [0.3, 0.4) is 0 Å². The van der Waals surface area contributed by atoms with Gasteiger partial charge in [-0.25, -0.2) is 13.6 Å². The Kier molecular flexibility index (Phi) is 3.23. The van der Waals surface area contributed by atoms with Crippen molar-refractivity contribution < 1.29 is 8.42 Å². The van der Waals surface area contributed by atoms with E-state index < -0.39 is 10.0 Å². The van der Waals surface area contributed by atoms with Gasteiger partial charge in [0.15, 0.2) is 0 Å². The predicted octanol–water partition coefficient (Wildman–Crippen LogP) is 1.64.